The molecule has 2 aliphatic heterocycles. The minimum absolute atomic E-state index is 0.00193. The Morgan fingerprint density at radius 2 is 1.64 bits per heavy atom. The molecule has 174 valence electrons. The fourth-order valence-corrected chi connectivity index (χ4v) is 4.85. The lowest BCUT2D eigenvalue weighted by molar-refractivity contribution is -0.140. The summed E-state index contributed by atoms with van der Waals surface area (Å²) in [5.41, 5.74) is 0.917. The lowest BCUT2D eigenvalue weighted by atomic mass is 9.95. The molecule has 9 heteroatoms. The number of carbonyl (C=O) groups excluding carboxylic acids is 2. The molecule has 1 atom stereocenters. The molecule has 0 saturated carbocycles. The van der Waals surface area contributed by atoms with Crippen molar-refractivity contribution in [2.24, 2.45) is 0 Å². The molecule has 0 bridgehead atoms. The molecular weight excluding hydrogens is 487 g/mol. The standard InChI is InChI=1S/C24H23Cl3N2O4/c25-16-4-2-15(3-5-16)22(30)20-21(18-7-6-17(26)14-19(18)27)29(24(32)23(20)31)9-1-8-28-10-12-33-13-11-28/h2-7,14,21,30H,1,8-13H2/b22-20+. The molecule has 2 saturated heterocycles. The molecule has 6 nitrogen and oxygen atoms in total. The third-order valence-electron chi connectivity index (χ3n) is 5.89. The molecule has 2 aromatic carbocycles. The second kappa shape index (κ2) is 10.5. The predicted molar refractivity (Wildman–Crippen MR) is 129 cm³/mol. The van der Waals surface area contributed by atoms with Gasteiger partial charge in [0.1, 0.15) is 5.76 Å². The number of aliphatic hydroxyl groups is 1. The zero-order valence-electron chi connectivity index (χ0n) is 17.8. The maximum absolute atomic E-state index is 13.1. The highest BCUT2D eigenvalue weighted by Crippen LogP contribution is 2.42. The molecule has 1 amide bonds. The average Bonchev–Trinajstić information content (AvgIpc) is 3.05. The van der Waals surface area contributed by atoms with Gasteiger partial charge in [0.2, 0.25) is 0 Å². The number of amides is 1. The highest BCUT2D eigenvalue weighted by Gasteiger charge is 2.46. The highest BCUT2D eigenvalue weighted by atomic mass is 35.5. The minimum atomic E-state index is -0.824. The van der Waals surface area contributed by atoms with Crippen LogP contribution in [0.25, 0.3) is 5.76 Å². The Hall–Kier alpha value is -2.09. The first-order valence-corrected chi connectivity index (χ1v) is 11.8. The first-order chi connectivity index (χ1) is 15.9. The number of hydrogen-bond acceptors (Lipinski definition) is 5. The van der Waals surface area contributed by atoms with Gasteiger partial charge >= 0.3 is 0 Å². The number of morpholine rings is 1. The van der Waals surface area contributed by atoms with E-state index in [1.165, 1.54) is 4.90 Å². The van der Waals surface area contributed by atoms with Crippen LogP contribution < -0.4 is 0 Å². The van der Waals surface area contributed by atoms with Crippen LogP contribution in [0.4, 0.5) is 0 Å². The fourth-order valence-electron chi connectivity index (χ4n) is 4.21. The zero-order chi connectivity index (χ0) is 23.5. The largest absolute Gasteiger partial charge is 0.507 e. The van der Waals surface area contributed by atoms with Crippen molar-refractivity contribution in [2.45, 2.75) is 12.5 Å². The Bertz CT molecular complexity index is 1080. The molecule has 1 N–H and O–H groups in total. The zero-order valence-corrected chi connectivity index (χ0v) is 20.0. The molecule has 0 aliphatic carbocycles. The fraction of sp³-hybridized carbons (Fsp3) is 0.333. The average molecular weight is 510 g/mol. The first-order valence-electron chi connectivity index (χ1n) is 10.7. The van der Waals surface area contributed by atoms with Crippen LogP contribution in [0.2, 0.25) is 15.1 Å². The Balaban J connectivity index is 1.70. The number of halogens is 3. The van der Waals surface area contributed by atoms with Crippen LogP contribution in [0.5, 0.6) is 0 Å². The summed E-state index contributed by atoms with van der Waals surface area (Å²) in [5.74, 6) is -1.68. The van der Waals surface area contributed by atoms with Crippen LogP contribution in [-0.2, 0) is 14.3 Å². The molecule has 2 fully saturated rings. The Labute approximate surface area is 207 Å². The molecule has 0 radical (unpaired) electrons. The van der Waals surface area contributed by atoms with Crippen molar-refractivity contribution in [3.63, 3.8) is 0 Å². The van der Waals surface area contributed by atoms with Crippen LogP contribution >= 0.6 is 34.8 Å². The molecule has 2 heterocycles. The quantitative estimate of drug-likeness (QED) is 0.344. The number of ketones is 1. The highest BCUT2D eigenvalue weighted by molar-refractivity contribution is 6.47. The van der Waals surface area contributed by atoms with Crippen molar-refractivity contribution in [1.29, 1.82) is 0 Å². The van der Waals surface area contributed by atoms with Gasteiger partial charge in [-0.05, 0) is 48.4 Å². The van der Waals surface area contributed by atoms with Gasteiger partial charge in [-0.1, -0.05) is 40.9 Å². The lowest BCUT2D eigenvalue weighted by Crippen LogP contribution is -2.39. The molecule has 33 heavy (non-hydrogen) atoms. The summed E-state index contributed by atoms with van der Waals surface area (Å²) in [4.78, 5) is 29.9. The van der Waals surface area contributed by atoms with Crippen LogP contribution in [0, 0.1) is 0 Å². The van der Waals surface area contributed by atoms with Gasteiger partial charge < -0.3 is 14.7 Å². The van der Waals surface area contributed by atoms with Crippen LogP contribution in [0.3, 0.4) is 0 Å². The number of likely N-dealkylation sites (tertiary alicyclic amines) is 1. The molecule has 0 spiro atoms. The number of rotatable bonds is 6. The summed E-state index contributed by atoms with van der Waals surface area (Å²) in [7, 11) is 0. The summed E-state index contributed by atoms with van der Waals surface area (Å²) in [6.45, 7) is 4.15. The van der Waals surface area contributed by atoms with Gasteiger partial charge in [0, 0.05) is 46.8 Å². The number of ether oxygens (including phenoxy) is 1. The molecule has 1 unspecified atom stereocenters. The maximum atomic E-state index is 13.1. The molecule has 4 rings (SSSR count). The van der Waals surface area contributed by atoms with Gasteiger partial charge in [0.25, 0.3) is 11.7 Å². The van der Waals surface area contributed by atoms with Crippen molar-refractivity contribution in [3.8, 4) is 0 Å². The smallest absolute Gasteiger partial charge is 0.295 e. The summed E-state index contributed by atoms with van der Waals surface area (Å²) in [6.07, 6.45) is 0.662. The number of benzene rings is 2. The predicted octanol–water partition coefficient (Wildman–Crippen LogP) is 4.79. The third-order valence-corrected chi connectivity index (χ3v) is 6.71. The van der Waals surface area contributed by atoms with Crippen molar-refractivity contribution >= 4 is 52.3 Å². The normalized spacial score (nSPS) is 21.1. The van der Waals surface area contributed by atoms with Crippen molar-refractivity contribution < 1.29 is 19.4 Å². The van der Waals surface area contributed by atoms with Gasteiger partial charge in [-0.2, -0.15) is 0 Å². The van der Waals surface area contributed by atoms with E-state index in [0.29, 0.717) is 52.4 Å². The monoisotopic (exact) mass is 508 g/mol. The van der Waals surface area contributed by atoms with Gasteiger partial charge in [0.15, 0.2) is 0 Å². The van der Waals surface area contributed by atoms with E-state index in [-0.39, 0.29) is 11.3 Å². The van der Waals surface area contributed by atoms with Crippen molar-refractivity contribution in [3.05, 3.63) is 74.2 Å². The molecular formula is C24H23Cl3N2O4. The summed E-state index contributed by atoms with van der Waals surface area (Å²) in [6, 6.07) is 10.5. The van der Waals surface area contributed by atoms with Crippen LogP contribution in [0.15, 0.2) is 48.0 Å². The molecule has 2 aliphatic rings. The van der Waals surface area contributed by atoms with Crippen LogP contribution in [0.1, 0.15) is 23.6 Å². The van der Waals surface area contributed by atoms with Gasteiger partial charge in [0.05, 0.1) is 24.8 Å². The van der Waals surface area contributed by atoms with E-state index in [1.54, 1.807) is 42.5 Å². The summed E-state index contributed by atoms with van der Waals surface area (Å²) in [5, 5.41) is 12.3. The number of Topliss-reactive ketones (excluding diaryl/α,β-unsaturated/α-hetero) is 1. The Morgan fingerprint density at radius 3 is 2.30 bits per heavy atom. The summed E-state index contributed by atoms with van der Waals surface area (Å²) >= 11 is 18.5. The van der Waals surface area contributed by atoms with Gasteiger partial charge in [-0.15, -0.1) is 0 Å². The van der Waals surface area contributed by atoms with Crippen molar-refractivity contribution in [2.75, 3.05) is 39.4 Å². The van der Waals surface area contributed by atoms with E-state index < -0.39 is 17.7 Å². The van der Waals surface area contributed by atoms with Crippen molar-refractivity contribution in [1.82, 2.24) is 9.80 Å². The topological polar surface area (TPSA) is 70.1 Å². The van der Waals surface area contributed by atoms with E-state index >= 15 is 0 Å². The summed E-state index contributed by atoms with van der Waals surface area (Å²) < 4.78 is 5.38. The maximum Gasteiger partial charge on any atom is 0.295 e. The molecule has 0 aromatic heterocycles. The SMILES string of the molecule is O=C1C(=O)N(CCCN2CCOCC2)C(c2ccc(Cl)cc2Cl)/C1=C(\O)c1ccc(Cl)cc1. The lowest BCUT2D eigenvalue weighted by Gasteiger charge is -2.29. The van der Waals surface area contributed by atoms with E-state index in [9.17, 15) is 14.7 Å². The van der Waals surface area contributed by atoms with Crippen LogP contribution in [-0.4, -0.2) is 66.0 Å². The second-order valence-corrected chi connectivity index (χ2v) is 9.25. The Kier molecular flexibility index (Phi) is 7.62. The number of aliphatic hydroxyl groups excluding tert-OH is 1. The Morgan fingerprint density at radius 1 is 0.970 bits per heavy atom. The van der Waals surface area contributed by atoms with E-state index in [4.69, 9.17) is 39.5 Å². The molecule has 2 aromatic rings. The van der Waals surface area contributed by atoms with E-state index in [1.807, 2.05) is 0 Å². The second-order valence-electron chi connectivity index (χ2n) is 7.97. The third kappa shape index (κ3) is 5.20. The first kappa shape index (κ1) is 24.0. The number of carbonyl (C=O) groups is 2. The van der Waals surface area contributed by atoms with E-state index in [2.05, 4.69) is 4.90 Å². The van der Waals surface area contributed by atoms with E-state index in [0.717, 1.165) is 19.6 Å². The minimum Gasteiger partial charge on any atom is -0.507 e. The van der Waals surface area contributed by atoms with Gasteiger partial charge in [-0.3, -0.25) is 14.5 Å². The van der Waals surface area contributed by atoms with Gasteiger partial charge in [-0.25, -0.2) is 0 Å². The number of nitrogens with zero attached hydrogens (tertiary/aromatic N) is 2. The number of hydrogen-bond donors (Lipinski definition) is 1.